The molecule has 7 nitrogen and oxygen atoms in total. The number of nitrogens with zero attached hydrogens (tertiary/aromatic N) is 1. The van der Waals surface area contributed by atoms with Crippen molar-refractivity contribution in [3.05, 3.63) is 35.9 Å². The van der Waals surface area contributed by atoms with Crippen molar-refractivity contribution in [3.8, 4) is 0 Å². The van der Waals surface area contributed by atoms with Gasteiger partial charge in [0.05, 0.1) is 29.2 Å². The molecule has 4 rings (SSSR count). The van der Waals surface area contributed by atoms with Crippen LogP contribution in [-0.2, 0) is 20.9 Å². The standard InChI is InChI=1S/C25H35N3O4S/c1-15(14-29)28-19(21(31)27-23(2,3)4)25-12-11-24(5,33-25)17(18(25)22(28)32)20(30)26-13-16-9-7-6-8-10-16/h6-10,15,17-19,29H,11-14H2,1-5H3,(H,26,30)(H,27,31)/t15-,17-,18+,19?,24+,25?/m1/s1. The van der Waals surface area contributed by atoms with Crippen LogP contribution >= 0.6 is 11.8 Å². The van der Waals surface area contributed by atoms with E-state index < -0.39 is 39.0 Å². The third-order valence-electron chi connectivity index (χ3n) is 7.29. The Morgan fingerprint density at radius 1 is 1.21 bits per heavy atom. The molecule has 0 aliphatic carbocycles. The van der Waals surface area contributed by atoms with Crippen LogP contribution in [0.5, 0.6) is 0 Å². The molecule has 3 N–H and O–H groups in total. The molecule has 0 aromatic heterocycles. The maximum Gasteiger partial charge on any atom is 0.244 e. The molecule has 3 heterocycles. The lowest BCUT2D eigenvalue weighted by atomic mass is 9.66. The fourth-order valence-electron chi connectivity index (χ4n) is 5.96. The van der Waals surface area contributed by atoms with Crippen LogP contribution in [-0.4, -0.2) is 61.5 Å². The quantitative estimate of drug-likeness (QED) is 0.588. The molecule has 180 valence electrons. The fourth-order valence-corrected chi connectivity index (χ4v) is 8.30. The van der Waals surface area contributed by atoms with Crippen molar-refractivity contribution < 1.29 is 19.5 Å². The second kappa shape index (κ2) is 8.31. The van der Waals surface area contributed by atoms with Crippen molar-refractivity contribution >= 4 is 29.5 Å². The van der Waals surface area contributed by atoms with Crippen LogP contribution in [0.4, 0.5) is 0 Å². The van der Waals surface area contributed by atoms with Gasteiger partial charge in [0.25, 0.3) is 0 Å². The van der Waals surface area contributed by atoms with Gasteiger partial charge in [-0.05, 0) is 53.0 Å². The normalized spacial score (nSPS) is 33.7. The van der Waals surface area contributed by atoms with E-state index in [-0.39, 0.29) is 24.3 Å². The first kappa shape index (κ1) is 24.1. The summed E-state index contributed by atoms with van der Waals surface area (Å²) in [5.41, 5.74) is 0.540. The van der Waals surface area contributed by atoms with Gasteiger partial charge >= 0.3 is 0 Å². The average Bonchev–Trinajstić information content (AvgIpc) is 3.31. The van der Waals surface area contributed by atoms with Crippen molar-refractivity contribution in [2.24, 2.45) is 11.8 Å². The Kier molecular flexibility index (Phi) is 6.06. The molecule has 3 saturated heterocycles. The Labute approximate surface area is 200 Å². The number of nitrogens with one attached hydrogen (secondary N) is 2. The highest BCUT2D eigenvalue weighted by Crippen LogP contribution is 2.71. The van der Waals surface area contributed by atoms with E-state index in [4.69, 9.17) is 0 Å². The van der Waals surface area contributed by atoms with Gasteiger partial charge in [0.2, 0.25) is 17.7 Å². The highest BCUT2D eigenvalue weighted by Gasteiger charge is 2.77. The molecular weight excluding hydrogens is 438 g/mol. The van der Waals surface area contributed by atoms with Crippen molar-refractivity contribution in [3.63, 3.8) is 0 Å². The van der Waals surface area contributed by atoms with Gasteiger partial charge in [-0.3, -0.25) is 14.4 Å². The lowest BCUT2D eigenvalue weighted by Gasteiger charge is -2.37. The Balaban J connectivity index is 1.68. The number of hydrogen-bond donors (Lipinski definition) is 3. The van der Waals surface area contributed by atoms with Crippen LogP contribution in [0.3, 0.4) is 0 Å². The summed E-state index contributed by atoms with van der Waals surface area (Å²) >= 11 is 1.64. The molecule has 6 atom stereocenters. The van der Waals surface area contributed by atoms with Crippen LogP contribution in [0.15, 0.2) is 30.3 Å². The molecule has 0 saturated carbocycles. The topological polar surface area (TPSA) is 98.7 Å². The minimum atomic E-state index is -0.713. The lowest BCUT2D eigenvalue weighted by molar-refractivity contribution is -0.143. The second-order valence-electron chi connectivity index (χ2n) is 10.9. The highest BCUT2D eigenvalue weighted by molar-refractivity contribution is 8.02. The first-order valence-electron chi connectivity index (χ1n) is 11.7. The predicted molar refractivity (Wildman–Crippen MR) is 128 cm³/mol. The van der Waals surface area contributed by atoms with E-state index in [9.17, 15) is 19.5 Å². The Morgan fingerprint density at radius 3 is 2.48 bits per heavy atom. The SMILES string of the molecule is C[C@H](CO)N1C(=O)[C@@H]2[C@H](C(=O)NCc3ccccc3)[C@]3(C)CCC2(S3)C1C(=O)NC(C)(C)C. The van der Waals surface area contributed by atoms with Gasteiger partial charge < -0.3 is 20.6 Å². The molecule has 0 radical (unpaired) electrons. The summed E-state index contributed by atoms with van der Waals surface area (Å²) in [4.78, 5) is 42.4. The summed E-state index contributed by atoms with van der Waals surface area (Å²) in [6, 6.07) is 8.48. The summed E-state index contributed by atoms with van der Waals surface area (Å²) in [6.07, 6.45) is 1.47. The van der Waals surface area contributed by atoms with E-state index in [1.165, 1.54) is 0 Å². The molecule has 1 aromatic rings. The Bertz CT molecular complexity index is 949. The molecule has 3 amide bonds. The van der Waals surface area contributed by atoms with E-state index in [2.05, 4.69) is 17.6 Å². The highest BCUT2D eigenvalue weighted by atomic mass is 32.2. The number of aliphatic hydroxyl groups is 1. The average molecular weight is 474 g/mol. The first-order chi connectivity index (χ1) is 15.4. The summed E-state index contributed by atoms with van der Waals surface area (Å²) in [6.45, 7) is 9.72. The summed E-state index contributed by atoms with van der Waals surface area (Å²) in [5, 5.41) is 16.0. The first-order valence-corrected chi connectivity index (χ1v) is 12.5. The zero-order valence-corrected chi connectivity index (χ0v) is 20.9. The molecule has 33 heavy (non-hydrogen) atoms. The summed E-state index contributed by atoms with van der Waals surface area (Å²) in [7, 11) is 0. The van der Waals surface area contributed by atoms with Crippen LogP contribution in [0.2, 0.25) is 0 Å². The minimum absolute atomic E-state index is 0.137. The zero-order valence-electron chi connectivity index (χ0n) is 20.1. The number of fused-ring (bicyclic) bond motifs is 1. The van der Waals surface area contributed by atoms with Crippen molar-refractivity contribution in [2.45, 2.75) is 81.1 Å². The van der Waals surface area contributed by atoms with Crippen LogP contribution in [0.1, 0.15) is 53.0 Å². The van der Waals surface area contributed by atoms with Crippen LogP contribution in [0.25, 0.3) is 0 Å². The molecule has 2 bridgehead atoms. The third kappa shape index (κ3) is 3.95. The number of hydrogen-bond acceptors (Lipinski definition) is 5. The maximum absolute atomic E-state index is 13.8. The molecule has 2 unspecified atom stereocenters. The number of carbonyl (C=O) groups excluding carboxylic acids is 3. The van der Waals surface area contributed by atoms with Gasteiger partial charge in [0, 0.05) is 16.8 Å². The largest absolute Gasteiger partial charge is 0.394 e. The number of carbonyl (C=O) groups is 3. The van der Waals surface area contributed by atoms with Gasteiger partial charge in [-0.1, -0.05) is 30.3 Å². The summed E-state index contributed by atoms with van der Waals surface area (Å²) < 4.78 is -1.07. The predicted octanol–water partition coefficient (Wildman–Crippen LogP) is 2.08. The van der Waals surface area contributed by atoms with E-state index in [1.807, 2.05) is 51.1 Å². The fraction of sp³-hybridized carbons (Fsp3) is 0.640. The van der Waals surface area contributed by atoms with Gasteiger partial charge in [0.1, 0.15) is 6.04 Å². The monoisotopic (exact) mass is 473 g/mol. The molecule has 1 aromatic carbocycles. The van der Waals surface area contributed by atoms with Gasteiger partial charge in [-0.2, -0.15) is 0 Å². The van der Waals surface area contributed by atoms with Crippen LogP contribution < -0.4 is 10.6 Å². The van der Waals surface area contributed by atoms with Crippen molar-refractivity contribution in [1.82, 2.24) is 15.5 Å². The molecule has 8 heteroatoms. The number of likely N-dealkylation sites (tertiary alicyclic amines) is 1. The van der Waals surface area contributed by atoms with Crippen molar-refractivity contribution in [1.29, 1.82) is 0 Å². The minimum Gasteiger partial charge on any atom is -0.394 e. The van der Waals surface area contributed by atoms with E-state index >= 15 is 0 Å². The van der Waals surface area contributed by atoms with Gasteiger partial charge in [-0.25, -0.2) is 0 Å². The Hall–Kier alpha value is -2.06. The maximum atomic E-state index is 13.8. The lowest BCUT2D eigenvalue weighted by Crippen LogP contribution is -2.58. The molecule has 3 aliphatic rings. The van der Waals surface area contributed by atoms with Gasteiger partial charge in [0.15, 0.2) is 0 Å². The molecule has 1 spiro atoms. The van der Waals surface area contributed by atoms with E-state index in [0.717, 1.165) is 12.0 Å². The van der Waals surface area contributed by atoms with E-state index in [1.54, 1.807) is 23.6 Å². The number of benzene rings is 1. The third-order valence-corrected chi connectivity index (χ3v) is 9.28. The number of amides is 3. The molecular formula is C25H35N3O4S. The number of thioether (sulfide) groups is 1. The van der Waals surface area contributed by atoms with Crippen LogP contribution in [0, 0.1) is 11.8 Å². The number of rotatable bonds is 6. The second-order valence-corrected chi connectivity index (χ2v) is 12.8. The molecule has 3 aliphatic heterocycles. The smallest absolute Gasteiger partial charge is 0.244 e. The number of aliphatic hydroxyl groups excluding tert-OH is 1. The van der Waals surface area contributed by atoms with Gasteiger partial charge in [-0.15, -0.1) is 11.8 Å². The molecule has 3 fully saturated rings. The Morgan fingerprint density at radius 2 is 1.88 bits per heavy atom. The zero-order chi connectivity index (χ0) is 24.2. The van der Waals surface area contributed by atoms with Crippen molar-refractivity contribution in [2.75, 3.05) is 6.61 Å². The summed E-state index contributed by atoms with van der Waals surface area (Å²) in [5.74, 6) is -1.64. The van der Waals surface area contributed by atoms with E-state index in [0.29, 0.717) is 13.0 Å².